The highest BCUT2D eigenvalue weighted by atomic mass is 16.5. The van der Waals surface area contributed by atoms with Gasteiger partial charge in [0.15, 0.2) is 5.60 Å². The van der Waals surface area contributed by atoms with Gasteiger partial charge in [0.2, 0.25) is 5.95 Å². The number of anilines is 1. The van der Waals surface area contributed by atoms with Crippen molar-refractivity contribution in [3.63, 3.8) is 0 Å². The zero-order valence-electron chi connectivity index (χ0n) is 12.3. The number of carboxylic acids is 1. The van der Waals surface area contributed by atoms with Crippen molar-refractivity contribution in [2.24, 2.45) is 0 Å². The Morgan fingerprint density at radius 3 is 2.59 bits per heavy atom. The Morgan fingerprint density at radius 2 is 2.00 bits per heavy atom. The van der Waals surface area contributed by atoms with Crippen molar-refractivity contribution in [3.05, 3.63) is 36.5 Å². The molecule has 0 radical (unpaired) electrons. The Bertz CT molecular complexity index is 656. The summed E-state index contributed by atoms with van der Waals surface area (Å²) in [5, 5.41) is 21.2. The lowest BCUT2D eigenvalue weighted by Crippen LogP contribution is -2.42. The number of aliphatic carboxylic acids is 1. The number of carbonyl (C=O) groups is 1. The lowest BCUT2D eigenvalue weighted by atomic mass is 10.1. The average Bonchev–Trinajstić information content (AvgIpc) is 2.53. The molecule has 0 fully saturated rings. The summed E-state index contributed by atoms with van der Waals surface area (Å²) in [7, 11) is 1.59. The van der Waals surface area contributed by atoms with E-state index in [1.165, 1.54) is 6.92 Å². The van der Waals surface area contributed by atoms with Crippen LogP contribution in [-0.4, -0.2) is 45.4 Å². The molecule has 0 saturated heterocycles. The molecule has 1 aromatic heterocycles. The molecule has 0 spiro atoms. The summed E-state index contributed by atoms with van der Waals surface area (Å²) in [6.07, 6.45) is 1.56. The summed E-state index contributed by atoms with van der Waals surface area (Å²) in [6, 6.07) is 9.10. The number of hydrogen-bond acceptors (Lipinski definition) is 6. The molecule has 22 heavy (non-hydrogen) atoms. The van der Waals surface area contributed by atoms with Gasteiger partial charge in [-0.2, -0.15) is 0 Å². The number of nitrogens with zero attached hydrogens (tertiary/aromatic N) is 2. The van der Waals surface area contributed by atoms with Gasteiger partial charge in [-0.25, -0.2) is 14.8 Å². The van der Waals surface area contributed by atoms with Crippen LogP contribution in [-0.2, 0) is 4.79 Å². The van der Waals surface area contributed by atoms with E-state index in [0.29, 0.717) is 5.69 Å². The van der Waals surface area contributed by atoms with E-state index in [0.717, 1.165) is 11.3 Å². The van der Waals surface area contributed by atoms with Crippen molar-refractivity contribution in [3.8, 4) is 17.0 Å². The van der Waals surface area contributed by atoms with Crippen LogP contribution in [0.4, 0.5) is 5.95 Å². The first-order valence-electron chi connectivity index (χ1n) is 6.59. The van der Waals surface area contributed by atoms with Gasteiger partial charge in [-0.1, -0.05) is 0 Å². The van der Waals surface area contributed by atoms with Crippen molar-refractivity contribution in [1.82, 2.24) is 9.97 Å². The number of ether oxygens (including phenoxy) is 1. The van der Waals surface area contributed by atoms with Gasteiger partial charge in [-0.05, 0) is 37.3 Å². The highest BCUT2D eigenvalue weighted by Crippen LogP contribution is 2.21. The molecule has 2 aromatic rings. The van der Waals surface area contributed by atoms with Gasteiger partial charge >= 0.3 is 5.97 Å². The Morgan fingerprint density at radius 1 is 1.32 bits per heavy atom. The molecule has 0 amide bonds. The second-order valence-corrected chi connectivity index (χ2v) is 4.93. The van der Waals surface area contributed by atoms with Crippen molar-refractivity contribution in [2.75, 3.05) is 19.0 Å². The normalized spacial score (nSPS) is 13.2. The fourth-order valence-corrected chi connectivity index (χ4v) is 1.69. The molecule has 0 aliphatic rings. The van der Waals surface area contributed by atoms with Crippen LogP contribution >= 0.6 is 0 Å². The van der Waals surface area contributed by atoms with E-state index in [-0.39, 0.29) is 12.5 Å². The van der Waals surface area contributed by atoms with Crippen LogP contribution in [0.15, 0.2) is 36.5 Å². The number of aromatic nitrogens is 2. The van der Waals surface area contributed by atoms with E-state index >= 15 is 0 Å². The predicted molar refractivity (Wildman–Crippen MR) is 80.8 cm³/mol. The van der Waals surface area contributed by atoms with Gasteiger partial charge in [0, 0.05) is 11.8 Å². The third-order valence-electron chi connectivity index (χ3n) is 3.09. The van der Waals surface area contributed by atoms with E-state index in [2.05, 4.69) is 15.3 Å². The molecule has 0 saturated carbocycles. The molecule has 0 aliphatic heterocycles. The standard InChI is InChI=1S/C15H17N3O4/c1-15(21,13(19)20)9-17-14-16-8-7-12(18-14)10-3-5-11(22-2)6-4-10/h3-8,21H,9H2,1-2H3,(H,19,20)(H,16,17,18). The summed E-state index contributed by atoms with van der Waals surface area (Å²) < 4.78 is 5.10. The first-order valence-corrected chi connectivity index (χ1v) is 6.59. The lowest BCUT2D eigenvalue weighted by Gasteiger charge is -2.18. The highest BCUT2D eigenvalue weighted by Gasteiger charge is 2.29. The Labute approximate surface area is 127 Å². The summed E-state index contributed by atoms with van der Waals surface area (Å²) in [5.74, 6) is -0.324. The third kappa shape index (κ3) is 3.70. The molecule has 1 atom stereocenters. The van der Waals surface area contributed by atoms with Crippen molar-refractivity contribution >= 4 is 11.9 Å². The number of nitrogens with one attached hydrogen (secondary N) is 1. The number of rotatable bonds is 6. The van der Waals surface area contributed by atoms with Crippen LogP contribution < -0.4 is 10.1 Å². The monoisotopic (exact) mass is 303 g/mol. The predicted octanol–water partition coefficient (Wildman–Crippen LogP) is 1.40. The second-order valence-electron chi connectivity index (χ2n) is 4.93. The minimum Gasteiger partial charge on any atom is -0.497 e. The van der Waals surface area contributed by atoms with Crippen LogP contribution in [0.5, 0.6) is 5.75 Å². The fraction of sp³-hybridized carbons (Fsp3) is 0.267. The first-order chi connectivity index (χ1) is 10.4. The zero-order chi connectivity index (χ0) is 16.2. The molecule has 7 heteroatoms. The lowest BCUT2D eigenvalue weighted by molar-refractivity contribution is -0.155. The summed E-state index contributed by atoms with van der Waals surface area (Å²) >= 11 is 0. The third-order valence-corrected chi connectivity index (χ3v) is 3.09. The minimum absolute atomic E-state index is 0.200. The fourth-order valence-electron chi connectivity index (χ4n) is 1.69. The van der Waals surface area contributed by atoms with Gasteiger partial charge in [0.1, 0.15) is 5.75 Å². The summed E-state index contributed by atoms with van der Waals surface area (Å²) in [4.78, 5) is 19.2. The molecule has 3 N–H and O–H groups in total. The smallest absolute Gasteiger partial charge is 0.337 e. The van der Waals surface area contributed by atoms with Gasteiger partial charge in [-0.15, -0.1) is 0 Å². The molecular formula is C15H17N3O4. The minimum atomic E-state index is -1.89. The Kier molecular flexibility index (Phi) is 4.57. The SMILES string of the molecule is COc1ccc(-c2ccnc(NCC(C)(O)C(=O)O)n2)cc1. The van der Waals surface area contributed by atoms with E-state index in [1.54, 1.807) is 19.4 Å². The number of aliphatic hydroxyl groups is 1. The maximum Gasteiger partial charge on any atom is 0.337 e. The van der Waals surface area contributed by atoms with Crippen molar-refractivity contribution in [1.29, 1.82) is 0 Å². The van der Waals surface area contributed by atoms with Crippen molar-refractivity contribution < 1.29 is 19.7 Å². The first kappa shape index (κ1) is 15.7. The van der Waals surface area contributed by atoms with E-state index in [1.807, 2.05) is 24.3 Å². The molecular weight excluding hydrogens is 286 g/mol. The van der Waals surface area contributed by atoms with Gasteiger partial charge in [0.05, 0.1) is 19.3 Å². The highest BCUT2D eigenvalue weighted by molar-refractivity contribution is 5.77. The van der Waals surface area contributed by atoms with Gasteiger partial charge < -0.3 is 20.3 Å². The Balaban J connectivity index is 2.14. The molecule has 7 nitrogen and oxygen atoms in total. The Hall–Kier alpha value is -2.67. The zero-order valence-corrected chi connectivity index (χ0v) is 12.3. The van der Waals surface area contributed by atoms with Crippen LogP contribution in [0, 0.1) is 0 Å². The van der Waals surface area contributed by atoms with Gasteiger partial charge in [-0.3, -0.25) is 0 Å². The number of methoxy groups -OCH3 is 1. The van der Waals surface area contributed by atoms with Crippen LogP contribution in [0.2, 0.25) is 0 Å². The largest absolute Gasteiger partial charge is 0.497 e. The van der Waals surface area contributed by atoms with E-state index < -0.39 is 11.6 Å². The number of hydrogen-bond donors (Lipinski definition) is 3. The average molecular weight is 303 g/mol. The molecule has 1 aromatic carbocycles. The maximum atomic E-state index is 10.8. The molecule has 2 rings (SSSR count). The quantitative estimate of drug-likeness (QED) is 0.740. The summed E-state index contributed by atoms with van der Waals surface area (Å²) in [5.41, 5.74) is -0.342. The molecule has 116 valence electrons. The van der Waals surface area contributed by atoms with E-state index in [9.17, 15) is 9.90 Å². The maximum absolute atomic E-state index is 10.8. The summed E-state index contributed by atoms with van der Waals surface area (Å²) in [6.45, 7) is 1.00. The number of benzene rings is 1. The molecule has 0 bridgehead atoms. The number of carboxylic acid groups (broad SMARTS) is 1. The van der Waals surface area contributed by atoms with Gasteiger partial charge in [0.25, 0.3) is 0 Å². The topological polar surface area (TPSA) is 105 Å². The van der Waals surface area contributed by atoms with Crippen molar-refractivity contribution in [2.45, 2.75) is 12.5 Å². The van der Waals surface area contributed by atoms with Crippen LogP contribution in [0.3, 0.4) is 0 Å². The van der Waals surface area contributed by atoms with Crippen LogP contribution in [0.25, 0.3) is 11.3 Å². The molecule has 1 unspecified atom stereocenters. The second kappa shape index (κ2) is 6.40. The van der Waals surface area contributed by atoms with Crippen LogP contribution in [0.1, 0.15) is 6.92 Å². The van der Waals surface area contributed by atoms with E-state index in [4.69, 9.17) is 9.84 Å². The molecule has 1 heterocycles. The molecule has 0 aliphatic carbocycles.